The Kier molecular flexibility index (Phi) is 3.62. The smallest absolute Gasteiger partial charge is 0.248 e. The first kappa shape index (κ1) is 12.6. The number of aliphatic hydroxyl groups is 1. The highest BCUT2D eigenvalue weighted by atomic mass is 16.3. The van der Waals surface area contributed by atoms with Crippen molar-refractivity contribution in [2.75, 3.05) is 6.54 Å². The summed E-state index contributed by atoms with van der Waals surface area (Å²) >= 11 is 0. The first-order valence-corrected chi connectivity index (χ1v) is 5.89. The number of benzene rings is 1. The van der Waals surface area contributed by atoms with Crippen molar-refractivity contribution in [1.82, 2.24) is 5.32 Å². The molecule has 1 saturated carbocycles. The molecule has 2 rings (SSSR count). The van der Waals surface area contributed by atoms with Gasteiger partial charge in [-0.1, -0.05) is 30.3 Å². The SMILES string of the molecule is NC(=O)C(O)CNC(=O)C1CC1c1ccccc1. The number of carbonyl (C=O) groups is 2. The van der Waals surface area contributed by atoms with Crippen LogP contribution in [-0.2, 0) is 9.59 Å². The molecule has 0 saturated heterocycles. The lowest BCUT2D eigenvalue weighted by Crippen LogP contribution is -2.40. The quantitative estimate of drug-likeness (QED) is 0.671. The van der Waals surface area contributed by atoms with Crippen LogP contribution in [0.3, 0.4) is 0 Å². The number of carbonyl (C=O) groups excluding carboxylic acids is 2. The Balaban J connectivity index is 1.81. The molecule has 3 atom stereocenters. The lowest BCUT2D eigenvalue weighted by molar-refractivity contribution is -0.127. The lowest BCUT2D eigenvalue weighted by Gasteiger charge is -2.08. The van der Waals surface area contributed by atoms with Gasteiger partial charge in [0, 0.05) is 5.92 Å². The second-order valence-electron chi connectivity index (χ2n) is 4.52. The van der Waals surface area contributed by atoms with Crippen molar-refractivity contribution in [3.05, 3.63) is 35.9 Å². The van der Waals surface area contributed by atoms with Gasteiger partial charge in [0.25, 0.3) is 0 Å². The summed E-state index contributed by atoms with van der Waals surface area (Å²) in [5.74, 6) is -0.778. The van der Waals surface area contributed by atoms with E-state index in [1.165, 1.54) is 0 Å². The Morgan fingerprint density at radius 3 is 2.67 bits per heavy atom. The van der Waals surface area contributed by atoms with Gasteiger partial charge >= 0.3 is 0 Å². The average Bonchev–Trinajstić information content (AvgIpc) is 3.16. The molecule has 1 aromatic carbocycles. The molecule has 3 unspecified atom stereocenters. The van der Waals surface area contributed by atoms with E-state index in [0.717, 1.165) is 12.0 Å². The van der Waals surface area contributed by atoms with Gasteiger partial charge < -0.3 is 16.2 Å². The molecule has 4 N–H and O–H groups in total. The number of nitrogens with two attached hydrogens (primary N) is 1. The van der Waals surface area contributed by atoms with Gasteiger partial charge in [-0.3, -0.25) is 9.59 Å². The van der Waals surface area contributed by atoms with Crippen LogP contribution in [-0.4, -0.2) is 29.6 Å². The number of aliphatic hydroxyl groups excluding tert-OH is 1. The number of primary amides is 1. The maximum absolute atomic E-state index is 11.7. The molecule has 1 aromatic rings. The predicted octanol–water partition coefficient (Wildman–Crippen LogP) is -0.247. The van der Waals surface area contributed by atoms with Crippen LogP contribution in [0.4, 0.5) is 0 Å². The molecule has 0 aromatic heterocycles. The summed E-state index contributed by atoms with van der Waals surface area (Å²) in [5, 5.41) is 11.7. The molecule has 2 amide bonds. The molecule has 0 heterocycles. The highest BCUT2D eigenvalue weighted by Crippen LogP contribution is 2.47. The third-order valence-corrected chi connectivity index (χ3v) is 3.15. The molecule has 0 aliphatic heterocycles. The minimum Gasteiger partial charge on any atom is -0.381 e. The van der Waals surface area contributed by atoms with Crippen LogP contribution in [0, 0.1) is 5.92 Å². The second kappa shape index (κ2) is 5.18. The highest BCUT2D eigenvalue weighted by molar-refractivity contribution is 5.84. The summed E-state index contributed by atoms with van der Waals surface area (Å²) in [6.07, 6.45) is -0.509. The summed E-state index contributed by atoms with van der Waals surface area (Å²) in [7, 11) is 0. The number of nitrogens with one attached hydrogen (secondary N) is 1. The van der Waals surface area contributed by atoms with Gasteiger partial charge in [-0.15, -0.1) is 0 Å². The van der Waals surface area contributed by atoms with Crippen LogP contribution in [0.2, 0.25) is 0 Å². The molecular weight excluding hydrogens is 232 g/mol. The van der Waals surface area contributed by atoms with E-state index >= 15 is 0 Å². The fourth-order valence-corrected chi connectivity index (χ4v) is 1.98. The van der Waals surface area contributed by atoms with Gasteiger partial charge in [-0.25, -0.2) is 0 Å². The van der Waals surface area contributed by atoms with Crippen molar-refractivity contribution in [3.63, 3.8) is 0 Å². The molecule has 18 heavy (non-hydrogen) atoms. The van der Waals surface area contributed by atoms with E-state index in [0.29, 0.717) is 0 Å². The summed E-state index contributed by atoms with van der Waals surface area (Å²) in [5.41, 5.74) is 6.04. The maximum Gasteiger partial charge on any atom is 0.248 e. The minimum atomic E-state index is -1.32. The van der Waals surface area contributed by atoms with Gasteiger partial charge in [0.05, 0.1) is 6.54 Å². The molecule has 0 spiro atoms. The third-order valence-electron chi connectivity index (χ3n) is 3.15. The summed E-state index contributed by atoms with van der Waals surface area (Å²) in [6.45, 7) is -0.119. The van der Waals surface area contributed by atoms with E-state index in [1.54, 1.807) is 0 Å². The third kappa shape index (κ3) is 2.87. The first-order valence-electron chi connectivity index (χ1n) is 5.89. The zero-order chi connectivity index (χ0) is 13.1. The fraction of sp³-hybridized carbons (Fsp3) is 0.385. The molecule has 0 radical (unpaired) electrons. The van der Waals surface area contributed by atoms with Crippen molar-refractivity contribution in [2.45, 2.75) is 18.4 Å². The van der Waals surface area contributed by atoms with E-state index in [2.05, 4.69) is 5.32 Å². The lowest BCUT2D eigenvalue weighted by atomic mass is 10.1. The zero-order valence-corrected chi connectivity index (χ0v) is 9.87. The first-order chi connectivity index (χ1) is 8.59. The number of rotatable bonds is 5. The van der Waals surface area contributed by atoms with Crippen molar-refractivity contribution in [3.8, 4) is 0 Å². The van der Waals surface area contributed by atoms with E-state index < -0.39 is 12.0 Å². The fourth-order valence-electron chi connectivity index (χ4n) is 1.98. The van der Waals surface area contributed by atoms with Crippen molar-refractivity contribution in [1.29, 1.82) is 0 Å². The molecule has 5 nitrogen and oxygen atoms in total. The molecule has 1 aliphatic carbocycles. The Hall–Kier alpha value is -1.88. The van der Waals surface area contributed by atoms with E-state index in [-0.39, 0.29) is 24.3 Å². The van der Waals surface area contributed by atoms with Gasteiger partial charge in [0.1, 0.15) is 6.10 Å². The maximum atomic E-state index is 11.7. The Morgan fingerprint density at radius 1 is 1.39 bits per heavy atom. The molecule has 96 valence electrons. The monoisotopic (exact) mass is 248 g/mol. The van der Waals surface area contributed by atoms with E-state index in [4.69, 9.17) is 5.73 Å². The standard InChI is InChI=1S/C13H16N2O3/c14-12(17)11(16)7-15-13(18)10-6-9(10)8-4-2-1-3-5-8/h1-5,9-11,16H,6-7H2,(H2,14,17)(H,15,18). The van der Waals surface area contributed by atoms with Crippen LogP contribution in [0.5, 0.6) is 0 Å². The van der Waals surface area contributed by atoms with Gasteiger partial charge in [-0.05, 0) is 17.9 Å². The van der Waals surface area contributed by atoms with Crippen LogP contribution in [0.25, 0.3) is 0 Å². The summed E-state index contributed by atoms with van der Waals surface area (Å²) < 4.78 is 0. The Labute approximate surface area is 105 Å². The molecule has 0 bridgehead atoms. The van der Waals surface area contributed by atoms with Crippen LogP contribution < -0.4 is 11.1 Å². The van der Waals surface area contributed by atoms with E-state index in [1.807, 2.05) is 30.3 Å². The van der Waals surface area contributed by atoms with E-state index in [9.17, 15) is 14.7 Å². The number of hydrogen-bond donors (Lipinski definition) is 3. The second-order valence-corrected chi connectivity index (χ2v) is 4.52. The predicted molar refractivity (Wildman–Crippen MR) is 65.5 cm³/mol. The normalized spacial score (nSPS) is 23.2. The van der Waals surface area contributed by atoms with Crippen LogP contribution in [0.15, 0.2) is 30.3 Å². The van der Waals surface area contributed by atoms with Crippen LogP contribution >= 0.6 is 0 Å². The average molecular weight is 248 g/mol. The topological polar surface area (TPSA) is 92.4 Å². The molecule has 5 heteroatoms. The van der Waals surface area contributed by atoms with Crippen LogP contribution in [0.1, 0.15) is 17.9 Å². The zero-order valence-electron chi connectivity index (χ0n) is 9.87. The van der Waals surface area contributed by atoms with Gasteiger partial charge in [0.2, 0.25) is 11.8 Å². The number of amides is 2. The summed E-state index contributed by atoms with van der Waals surface area (Å²) in [4.78, 5) is 22.3. The van der Waals surface area contributed by atoms with Gasteiger partial charge in [0.15, 0.2) is 0 Å². The number of hydrogen-bond acceptors (Lipinski definition) is 3. The van der Waals surface area contributed by atoms with Gasteiger partial charge in [-0.2, -0.15) is 0 Å². The Morgan fingerprint density at radius 2 is 2.06 bits per heavy atom. The molecule has 1 fully saturated rings. The van der Waals surface area contributed by atoms with Crippen molar-refractivity contribution >= 4 is 11.8 Å². The van der Waals surface area contributed by atoms with Crippen molar-refractivity contribution in [2.24, 2.45) is 11.7 Å². The molecular formula is C13H16N2O3. The molecule has 1 aliphatic rings. The van der Waals surface area contributed by atoms with Crippen molar-refractivity contribution < 1.29 is 14.7 Å². The largest absolute Gasteiger partial charge is 0.381 e. The minimum absolute atomic E-state index is 0.0625. The highest BCUT2D eigenvalue weighted by Gasteiger charge is 2.43. The summed E-state index contributed by atoms with van der Waals surface area (Å²) in [6, 6.07) is 9.81. The Bertz CT molecular complexity index is 447.